The molecule has 2 heterocycles. The van der Waals surface area contributed by atoms with Crippen LogP contribution in [0.5, 0.6) is 0 Å². The van der Waals surface area contributed by atoms with E-state index in [4.69, 9.17) is 0 Å². The van der Waals surface area contributed by atoms with Gasteiger partial charge >= 0.3 is 0 Å². The van der Waals surface area contributed by atoms with Crippen molar-refractivity contribution >= 4 is 0 Å². The molecule has 122 valence electrons. The molecule has 22 heavy (non-hydrogen) atoms. The fourth-order valence-electron chi connectivity index (χ4n) is 4.79. The van der Waals surface area contributed by atoms with Gasteiger partial charge in [-0.3, -0.25) is 4.90 Å². The largest absolute Gasteiger partial charge is 0.391 e. The Kier molecular flexibility index (Phi) is 4.32. The Morgan fingerprint density at radius 1 is 1.32 bits per heavy atom. The van der Waals surface area contributed by atoms with Gasteiger partial charge in [-0.25, -0.2) is 0 Å². The number of nitrogens with one attached hydrogen (secondary N) is 1. The molecule has 0 amide bonds. The number of hydrogen-bond donors (Lipinski definition) is 2. The zero-order valence-electron chi connectivity index (χ0n) is 14.2. The zero-order chi connectivity index (χ0) is 15.8. The average Bonchev–Trinajstić information content (AvgIpc) is 2.70. The molecular formula is C19H30N2O. The lowest BCUT2D eigenvalue weighted by Crippen LogP contribution is -2.66. The maximum atomic E-state index is 10.7. The van der Waals surface area contributed by atoms with Crippen molar-refractivity contribution in [3.63, 3.8) is 0 Å². The molecule has 2 N–H and O–H groups in total. The summed E-state index contributed by atoms with van der Waals surface area (Å²) in [6.45, 7) is 8.78. The predicted octanol–water partition coefficient (Wildman–Crippen LogP) is 2.89. The van der Waals surface area contributed by atoms with Crippen LogP contribution in [0.15, 0.2) is 30.3 Å². The highest BCUT2D eigenvalue weighted by Crippen LogP contribution is 2.47. The zero-order valence-corrected chi connectivity index (χ0v) is 14.2. The van der Waals surface area contributed by atoms with E-state index in [0.29, 0.717) is 0 Å². The molecule has 3 heteroatoms. The summed E-state index contributed by atoms with van der Waals surface area (Å²) in [6.07, 6.45) is 4.29. The van der Waals surface area contributed by atoms with Gasteiger partial charge in [-0.2, -0.15) is 0 Å². The van der Waals surface area contributed by atoms with Crippen LogP contribution < -0.4 is 5.32 Å². The van der Waals surface area contributed by atoms with Gasteiger partial charge in [-0.05, 0) is 32.3 Å². The number of rotatable bonds is 5. The second kappa shape index (κ2) is 5.95. The predicted molar refractivity (Wildman–Crippen MR) is 90.8 cm³/mol. The Morgan fingerprint density at radius 3 is 2.73 bits per heavy atom. The van der Waals surface area contributed by atoms with Gasteiger partial charge in [0.2, 0.25) is 0 Å². The standard InChI is InChI=1S/C19H30N2O/c1-4-5-11-19-12-17(22)16(13-20-14-19)21(19)18(2,3)15-9-7-6-8-10-15/h6-10,16-17,20,22H,4-5,11-14H2,1-3H3. The lowest BCUT2D eigenvalue weighted by molar-refractivity contribution is -0.0384. The molecule has 1 aromatic carbocycles. The normalized spacial score (nSPS) is 32.4. The van der Waals surface area contributed by atoms with Crippen molar-refractivity contribution in [3.05, 3.63) is 35.9 Å². The SMILES string of the molecule is CCCCC12CNCC(C(O)C1)N2C(C)(C)c1ccccc1. The van der Waals surface area contributed by atoms with Crippen LogP contribution in [0.25, 0.3) is 0 Å². The van der Waals surface area contributed by atoms with Crippen molar-refractivity contribution in [2.24, 2.45) is 0 Å². The molecule has 2 aliphatic heterocycles. The Balaban J connectivity index is 1.99. The highest BCUT2D eigenvalue weighted by Gasteiger charge is 2.57. The summed E-state index contributed by atoms with van der Waals surface area (Å²) >= 11 is 0. The van der Waals surface area contributed by atoms with Crippen molar-refractivity contribution in [3.8, 4) is 0 Å². The lowest BCUT2D eigenvalue weighted by Gasteiger charge is -2.53. The number of fused-ring (bicyclic) bond motifs is 2. The van der Waals surface area contributed by atoms with Crippen LogP contribution >= 0.6 is 0 Å². The van der Waals surface area contributed by atoms with Gasteiger partial charge in [0, 0.05) is 30.2 Å². The van der Waals surface area contributed by atoms with Gasteiger partial charge in [0.15, 0.2) is 0 Å². The maximum Gasteiger partial charge on any atom is 0.0726 e. The Hall–Kier alpha value is -0.900. The summed E-state index contributed by atoms with van der Waals surface area (Å²) in [5, 5.41) is 14.2. The molecule has 2 fully saturated rings. The molecule has 2 saturated heterocycles. The van der Waals surface area contributed by atoms with Crippen molar-refractivity contribution in [2.45, 2.75) is 69.7 Å². The van der Waals surface area contributed by atoms with Crippen molar-refractivity contribution in [2.75, 3.05) is 13.1 Å². The lowest BCUT2D eigenvalue weighted by atomic mass is 9.82. The Labute approximate surface area is 134 Å². The molecule has 2 bridgehead atoms. The minimum absolute atomic E-state index is 0.0563. The second-order valence-electron chi connectivity index (χ2n) is 7.59. The molecule has 0 aromatic heterocycles. The topological polar surface area (TPSA) is 35.5 Å². The van der Waals surface area contributed by atoms with Crippen LogP contribution in [-0.4, -0.2) is 40.8 Å². The minimum Gasteiger partial charge on any atom is -0.391 e. The summed E-state index contributed by atoms with van der Waals surface area (Å²) in [7, 11) is 0. The number of benzene rings is 1. The van der Waals surface area contributed by atoms with E-state index in [2.05, 4.69) is 61.3 Å². The molecule has 2 aliphatic rings. The number of hydrogen-bond acceptors (Lipinski definition) is 3. The first-order chi connectivity index (χ1) is 10.5. The molecule has 1 aromatic rings. The summed E-state index contributed by atoms with van der Waals surface area (Å²) in [5.41, 5.74) is 1.38. The molecule has 0 radical (unpaired) electrons. The van der Waals surface area contributed by atoms with E-state index in [1.165, 1.54) is 24.8 Å². The van der Waals surface area contributed by atoms with E-state index >= 15 is 0 Å². The molecule has 3 unspecified atom stereocenters. The first-order valence-corrected chi connectivity index (χ1v) is 8.75. The van der Waals surface area contributed by atoms with Crippen LogP contribution in [0, 0.1) is 0 Å². The monoisotopic (exact) mass is 302 g/mol. The third kappa shape index (κ3) is 2.49. The fourth-order valence-corrected chi connectivity index (χ4v) is 4.79. The van der Waals surface area contributed by atoms with Gasteiger partial charge < -0.3 is 10.4 Å². The molecular weight excluding hydrogens is 272 g/mol. The third-order valence-corrected chi connectivity index (χ3v) is 5.76. The third-order valence-electron chi connectivity index (χ3n) is 5.76. The van der Waals surface area contributed by atoms with E-state index < -0.39 is 0 Å². The number of unbranched alkanes of at least 4 members (excludes halogenated alkanes) is 1. The number of nitrogens with zero attached hydrogens (tertiary/aromatic N) is 1. The maximum absolute atomic E-state index is 10.7. The highest BCUT2D eigenvalue weighted by molar-refractivity contribution is 5.27. The Morgan fingerprint density at radius 2 is 2.05 bits per heavy atom. The second-order valence-corrected chi connectivity index (χ2v) is 7.59. The minimum atomic E-state index is -0.213. The number of aliphatic hydroxyl groups is 1. The first-order valence-electron chi connectivity index (χ1n) is 8.75. The molecule has 0 spiro atoms. The van der Waals surface area contributed by atoms with Crippen LogP contribution in [0.4, 0.5) is 0 Å². The molecule has 0 aliphatic carbocycles. The number of aliphatic hydroxyl groups excluding tert-OH is 1. The van der Waals surface area contributed by atoms with Gasteiger partial charge in [-0.15, -0.1) is 0 Å². The van der Waals surface area contributed by atoms with E-state index in [1.807, 2.05) is 0 Å². The van der Waals surface area contributed by atoms with E-state index in [1.54, 1.807) is 0 Å². The van der Waals surface area contributed by atoms with Gasteiger partial charge in [0.25, 0.3) is 0 Å². The molecule has 3 nitrogen and oxygen atoms in total. The molecule has 0 saturated carbocycles. The van der Waals surface area contributed by atoms with Crippen LogP contribution in [0.1, 0.15) is 52.0 Å². The van der Waals surface area contributed by atoms with Crippen molar-refractivity contribution in [1.29, 1.82) is 0 Å². The molecule has 3 atom stereocenters. The van der Waals surface area contributed by atoms with Crippen LogP contribution in [0.3, 0.4) is 0 Å². The molecule has 3 rings (SSSR count). The van der Waals surface area contributed by atoms with Crippen LogP contribution in [-0.2, 0) is 5.54 Å². The fraction of sp³-hybridized carbons (Fsp3) is 0.684. The first kappa shape index (κ1) is 16.0. The van der Waals surface area contributed by atoms with E-state index in [-0.39, 0.29) is 23.2 Å². The summed E-state index contributed by atoms with van der Waals surface area (Å²) in [4.78, 5) is 2.64. The Bertz CT molecular complexity index is 501. The van der Waals surface area contributed by atoms with E-state index in [0.717, 1.165) is 19.5 Å². The van der Waals surface area contributed by atoms with Gasteiger partial charge in [0.05, 0.1) is 6.10 Å². The summed E-state index contributed by atoms with van der Waals surface area (Å²) in [6, 6.07) is 11.0. The quantitative estimate of drug-likeness (QED) is 0.878. The van der Waals surface area contributed by atoms with Crippen molar-refractivity contribution in [1.82, 2.24) is 10.2 Å². The van der Waals surface area contributed by atoms with Crippen LogP contribution in [0.2, 0.25) is 0 Å². The van der Waals surface area contributed by atoms with Gasteiger partial charge in [-0.1, -0.05) is 50.1 Å². The number of piperazine rings is 1. The van der Waals surface area contributed by atoms with E-state index in [9.17, 15) is 5.11 Å². The van der Waals surface area contributed by atoms with Gasteiger partial charge in [0.1, 0.15) is 0 Å². The summed E-state index contributed by atoms with van der Waals surface area (Å²) in [5.74, 6) is 0. The van der Waals surface area contributed by atoms with Crippen molar-refractivity contribution < 1.29 is 5.11 Å². The smallest absolute Gasteiger partial charge is 0.0726 e. The highest BCUT2D eigenvalue weighted by atomic mass is 16.3. The summed E-state index contributed by atoms with van der Waals surface area (Å²) < 4.78 is 0. The average molecular weight is 302 g/mol.